The number of aliphatic carboxylic acids is 1. The van der Waals surface area contributed by atoms with Crippen molar-refractivity contribution in [2.45, 2.75) is 19.8 Å². The van der Waals surface area contributed by atoms with Crippen molar-refractivity contribution in [2.75, 3.05) is 11.9 Å². The van der Waals surface area contributed by atoms with Crippen LogP contribution < -0.4 is 10.4 Å². The van der Waals surface area contributed by atoms with Gasteiger partial charge < -0.3 is 20.0 Å². The average Bonchev–Trinajstić information content (AvgIpc) is 3.12. The lowest BCUT2D eigenvalue weighted by atomic mass is 9.82. The van der Waals surface area contributed by atoms with Gasteiger partial charge in [0.25, 0.3) is 0 Å². The van der Waals surface area contributed by atoms with Crippen LogP contribution in [0.1, 0.15) is 30.1 Å². The number of hydrogen-bond acceptors (Lipinski definition) is 6. The van der Waals surface area contributed by atoms with E-state index in [1.165, 1.54) is 11.3 Å². The molecule has 1 amide bonds. The van der Waals surface area contributed by atoms with Crippen LogP contribution in [0.5, 0.6) is 0 Å². The molecule has 0 bridgehead atoms. The topological polar surface area (TPSA) is 95.5 Å². The number of carbonyl (C=O) groups is 3. The highest BCUT2D eigenvalue weighted by atomic mass is 32.1. The van der Waals surface area contributed by atoms with Gasteiger partial charge in [0, 0.05) is 22.8 Å². The number of allylic oxidation sites excluding steroid dienone is 2. The summed E-state index contributed by atoms with van der Waals surface area (Å²) in [5.41, 5.74) is 1.78. The first-order valence-electron chi connectivity index (χ1n) is 9.03. The zero-order valence-electron chi connectivity index (χ0n) is 15.3. The van der Waals surface area contributed by atoms with E-state index in [9.17, 15) is 19.5 Å². The van der Waals surface area contributed by atoms with Crippen molar-refractivity contribution >= 4 is 34.2 Å². The molecule has 1 aliphatic carbocycles. The van der Waals surface area contributed by atoms with E-state index in [0.29, 0.717) is 17.0 Å². The molecule has 146 valence electrons. The minimum absolute atomic E-state index is 0.205. The van der Waals surface area contributed by atoms with Gasteiger partial charge in [0.05, 0.1) is 12.5 Å². The molecule has 0 saturated heterocycles. The third-order valence-corrected chi connectivity index (χ3v) is 5.56. The molecule has 0 saturated carbocycles. The maximum atomic E-state index is 12.8. The summed E-state index contributed by atoms with van der Waals surface area (Å²) >= 11 is 1.21. The van der Waals surface area contributed by atoms with Gasteiger partial charge in [0.1, 0.15) is 10.6 Å². The quantitative estimate of drug-likeness (QED) is 0.596. The summed E-state index contributed by atoms with van der Waals surface area (Å²) in [6, 6.07) is 9.33. The number of anilines is 1. The minimum atomic E-state index is -1.24. The number of carboxylic acids is 1. The van der Waals surface area contributed by atoms with Crippen LogP contribution in [0.3, 0.4) is 0 Å². The molecule has 1 heterocycles. The lowest BCUT2D eigenvalue weighted by Gasteiger charge is -2.28. The maximum Gasteiger partial charge on any atom is 0.341 e. The van der Waals surface area contributed by atoms with Crippen LogP contribution in [0.25, 0.3) is 11.1 Å². The summed E-state index contributed by atoms with van der Waals surface area (Å²) in [5, 5.41) is 16.3. The molecule has 0 radical (unpaired) electrons. The molecule has 0 fully saturated rings. The monoisotopic (exact) mass is 398 g/mol. The number of hydrogen-bond donors (Lipinski definition) is 1. The van der Waals surface area contributed by atoms with Crippen LogP contribution in [-0.2, 0) is 14.3 Å². The number of esters is 1. The fourth-order valence-electron chi connectivity index (χ4n) is 3.26. The van der Waals surface area contributed by atoms with Crippen molar-refractivity contribution in [1.82, 2.24) is 0 Å². The molecule has 6 nitrogen and oxygen atoms in total. The highest BCUT2D eigenvalue weighted by Gasteiger charge is 2.31. The first-order valence-corrected chi connectivity index (χ1v) is 9.91. The summed E-state index contributed by atoms with van der Waals surface area (Å²) in [5.74, 6) is -3.84. The Hall–Kier alpha value is -2.93. The van der Waals surface area contributed by atoms with Crippen LogP contribution in [0.2, 0.25) is 0 Å². The number of carboxylic acid groups (broad SMARTS) is 1. The third kappa shape index (κ3) is 4.14. The Morgan fingerprint density at radius 2 is 1.82 bits per heavy atom. The second kappa shape index (κ2) is 8.84. The molecule has 7 heteroatoms. The number of carbonyl (C=O) groups excluding carboxylic acids is 3. The average molecular weight is 398 g/mol. The van der Waals surface area contributed by atoms with Gasteiger partial charge >= 0.3 is 5.97 Å². The summed E-state index contributed by atoms with van der Waals surface area (Å²) in [7, 11) is 0. The normalized spacial score (nSPS) is 18.5. The molecule has 1 N–H and O–H groups in total. The van der Waals surface area contributed by atoms with E-state index in [0.717, 1.165) is 5.56 Å². The molecule has 0 unspecified atom stereocenters. The van der Waals surface area contributed by atoms with E-state index in [1.807, 2.05) is 30.3 Å². The lowest BCUT2D eigenvalue weighted by molar-refractivity contribution is -0.313. The van der Waals surface area contributed by atoms with Crippen molar-refractivity contribution < 1.29 is 24.2 Å². The summed E-state index contributed by atoms with van der Waals surface area (Å²) in [6.07, 6.45) is 4.10. The molecular weight excluding hydrogens is 378 g/mol. The molecule has 0 spiro atoms. The number of benzene rings is 1. The zero-order chi connectivity index (χ0) is 20.1. The largest absolute Gasteiger partial charge is 0.550 e. The number of nitrogens with one attached hydrogen (secondary N) is 1. The fraction of sp³-hybridized carbons (Fsp3) is 0.286. The minimum Gasteiger partial charge on any atom is -0.550 e. The molecule has 2 aromatic rings. The molecule has 1 aromatic carbocycles. The molecule has 2 atom stereocenters. The van der Waals surface area contributed by atoms with Crippen LogP contribution in [0.15, 0.2) is 47.9 Å². The number of ether oxygens (including phenoxy) is 1. The van der Waals surface area contributed by atoms with E-state index < -0.39 is 29.7 Å². The van der Waals surface area contributed by atoms with E-state index in [-0.39, 0.29) is 18.6 Å². The van der Waals surface area contributed by atoms with Crippen molar-refractivity contribution in [2.24, 2.45) is 11.8 Å². The zero-order valence-corrected chi connectivity index (χ0v) is 16.2. The Bertz CT molecular complexity index is 903. The molecular formula is C21H20NO5S-. The van der Waals surface area contributed by atoms with Gasteiger partial charge in [-0.1, -0.05) is 42.5 Å². The molecule has 1 aromatic heterocycles. The Kier molecular flexibility index (Phi) is 6.26. The third-order valence-electron chi connectivity index (χ3n) is 4.66. The van der Waals surface area contributed by atoms with Gasteiger partial charge in [0.15, 0.2) is 0 Å². The van der Waals surface area contributed by atoms with Crippen LogP contribution in [-0.4, -0.2) is 24.5 Å². The molecule has 28 heavy (non-hydrogen) atoms. The van der Waals surface area contributed by atoms with Gasteiger partial charge in [0.2, 0.25) is 5.91 Å². The van der Waals surface area contributed by atoms with E-state index >= 15 is 0 Å². The Labute approximate surface area is 166 Å². The SMILES string of the molecule is CCOC(=O)c1c(-c2ccccc2)csc1NC(=O)[C@H]1CC=CC[C@H]1C(=O)[O-]. The highest BCUT2D eigenvalue weighted by molar-refractivity contribution is 7.15. The molecule has 3 rings (SSSR count). The van der Waals surface area contributed by atoms with E-state index in [1.54, 1.807) is 24.5 Å². The van der Waals surface area contributed by atoms with Crippen LogP contribution in [0, 0.1) is 11.8 Å². The smallest absolute Gasteiger partial charge is 0.341 e. The predicted octanol–water partition coefficient (Wildman–Crippen LogP) is 2.86. The van der Waals surface area contributed by atoms with Crippen molar-refractivity contribution in [3.8, 4) is 11.1 Å². The Morgan fingerprint density at radius 1 is 1.14 bits per heavy atom. The van der Waals surface area contributed by atoms with E-state index in [4.69, 9.17) is 4.74 Å². The van der Waals surface area contributed by atoms with Gasteiger partial charge in [-0.25, -0.2) is 4.79 Å². The van der Waals surface area contributed by atoms with Gasteiger partial charge in [-0.05, 0) is 25.3 Å². The second-order valence-corrected chi connectivity index (χ2v) is 7.28. The summed E-state index contributed by atoms with van der Waals surface area (Å²) in [4.78, 5) is 36.7. The highest BCUT2D eigenvalue weighted by Crippen LogP contribution is 2.37. The Morgan fingerprint density at radius 3 is 2.46 bits per heavy atom. The number of rotatable bonds is 6. The van der Waals surface area contributed by atoms with Crippen molar-refractivity contribution in [3.63, 3.8) is 0 Å². The molecule has 1 aliphatic rings. The first-order chi connectivity index (χ1) is 13.5. The molecule has 0 aliphatic heterocycles. The van der Waals surface area contributed by atoms with Crippen LogP contribution in [0.4, 0.5) is 5.00 Å². The van der Waals surface area contributed by atoms with Gasteiger partial charge in [-0.15, -0.1) is 11.3 Å². The lowest BCUT2D eigenvalue weighted by Crippen LogP contribution is -2.41. The fourth-order valence-corrected chi connectivity index (χ4v) is 4.22. The standard InChI is InChI=1S/C21H21NO5S/c1-2-27-21(26)17-16(13-8-4-3-5-9-13)12-28-19(17)22-18(23)14-10-6-7-11-15(14)20(24)25/h3-9,12,14-15H,2,10-11H2,1H3,(H,22,23)(H,24,25)/p-1/t14-,15+/m0/s1. The van der Waals surface area contributed by atoms with Crippen LogP contribution >= 0.6 is 11.3 Å². The van der Waals surface area contributed by atoms with Crippen molar-refractivity contribution in [1.29, 1.82) is 0 Å². The summed E-state index contributed by atoms with van der Waals surface area (Å²) < 4.78 is 5.18. The maximum absolute atomic E-state index is 12.8. The van der Waals surface area contributed by atoms with Gasteiger partial charge in [-0.2, -0.15) is 0 Å². The van der Waals surface area contributed by atoms with E-state index in [2.05, 4.69) is 5.32 Å². The number of thiophene rings is 1. The second-order valence-electron chi connectivity index (χ2n) is 6.40. The number of amides is 1. The first kappa shape index (κ1) is 19.8. The Balaban J connectivity index is 1.92. The van der Waals surface area contributed by atoms with Gasteiger partial charge in [-0.3, -0.25) is 4.79 Å². The summed E-state index contributed by atoms with van der Waals surface area (Å²) in [6.45, 7) is 1.92. The predicted molar refractivity (Wildman–Crippen MR) is 105 cm³/mol. The van der Waals surface area contributed by atoms with Crippen molar-refractivity contribution in [3.05, 3.63) is 53.4 Å².